The quantitative estimate of drug-likeness (QED) is 0.124. The minimum atomic E-state index is -0.915. The number of rotatable bonds is 12. The van der Waals surface area contributed by atoms with Gasteiger partial charge in [-0.2, -0.15) is 0 Å². The summed E-state index contributed by atoms with van der Waals surface area (Å²) in [5.41, 5.74) is 13.5. The number of nitrogens with zero attached hydrogens (tertiary/aromatic N) is 5. The SMILES string of the molecule is Cn1c(C(=O)C(CCCN=C(N)N)NC(=O)[C@H]2CC[C@@H]3C(=O)N(CCCc4ccccc4)CC(=O)N23)nc2ccccc21. The van der Waals surface area contributed by atoms with Crippen LogP contribution in [0.15, 0.2) is 59.6 Å². The molecular formula is C31H38N8O4. The van der Waals surface area contributed by atoms with E-state index in [-0.39, 0.29) is 48.9 Å². The molecule has 2 aliphatic heterocycles. The molecule has 43 heavy (non-hydrogen) atoms. The van der Waals surface area contributed by atoms with Gasteiger partial charge in [-0.05, 0) is 56.2 Å². The Morgan fingerprint density at radius 2 is 1.79 bits per heavy atom. The number of imidazole rings is 1. The highest BCUT2D eigenvalue weighted by molar-refractivity contribution is 6.03. The molecule has 1 unspecified atom stereocenters. The highest BCUT2D eigenvalue weighted by Crippen LogP contribution is 2.30. The lowest BCUT2D eigenvalue weighted by atomic mass is 10.0. The summed E-state index contributed by atoms with van der Waals surface area (Å²) in [6.45, 7) is 0.703. The first-order chi connectivity index (χ1) is 20.7. The van der Waals surface area contributed by atoms with E-state index in [0.717, 1.165) is 18.4 Å². The van der Waals surface area contributed by atoms with Gasteiger partial charge in [-0.3, -0.25) is 24.2 Å². The van der Waals surface area contributed by atoms with E-state index in [1.165, 1.54) is 10.5 Å². The fraction of sp³-hybridized carbons (Fsp3) is 0.419. The van der Waals surface area contributed by atoms with E-state index < -0.39 is 24.0 Å². The molecule has 2 saturated heterocycles. The van der Waals surface area contributed by atoms with Crippen molar-refractivity contribution in [1.82, 2.24) is 24.7 Å². The Kier molecular flexibility index (Phi) is 9.03. The van der Waals surface area contributed by atoms with Crippen LogP contribution in [0.3, 0.4) is 0 Å². The van der Waals surface area contributed by atoms with Crippen molar-refractivity contribution in [3.63, 3.8) is 0 Å². The van der Waals surface area contributed by atoms with Crippen molar-refractivity contribution in [3.05, 3.63) is 66.0 Å². The van der Waals surface area contributed by atoms with E-state index >= 15 is 0 Å². The van der Waals surface area contributed by atoms with Gasteiger partial charge in [-0.15, -0.1) is 0 Å². The zero-order valence-corrected chi connectivity index (χ0v) is 24.3. The number of piperazine rings is 1. The maximum Gasteiger partial charge on any atom is 0.245 e. The van der Waals surface area contributed by atoms with Gasteiger partial charge in [-0.25, -0.2) is 4.98 Å². The molecule has 3 atom stereocenters. The van der Waals surface area contributed by atoms with Gasteiger partial charge in [0.15, 0.2) is 11.8 Å². The first-order valence-electron chi connectivity index (χ1n) is 14.7. The van der Waals surface area contributed by atoms with Crippen LogP contribution in [0.25, 0.3) is 11.0 Å². The van der Waals surface area contributed by atoms with Gasteiger partial charge in [-0.1, -0.05) is 42.5 Å². The van der Waals surface area contributed by atoms with Crippen LogP contribution >= 0.6 is 0 Å². The van der Waals surface area contributed by atoms with Crippen LogP contribution in [-0.4, -0.2) is 86.6 Å². The first-order valence-corrected chi connectivity index (χ1v) is 14.7. The number of nitrogens with two attached hydrogens (primary N) is 2. The zero-order valence-electron chi connectivity index (χ0n) is 24.3. The summed E-state index contributed by atoms with van der Waals surface area (Å²) in [4.78, 5) is 65.5. The number of aryl methyl sites for hydroxylation is 2. The number of amides is 3. The van der Waals surface area contributed by atoms with Crippen molar-refractivity contribution in [1.29, 1.82) is 0 Å². The normalized spacial score (nSPS) is 18.9. The molecule has 0 spiro atoms. The van der Waals surface area contributed by atoms with Crippen LogP contribution < -0.4 is 16.8 Å². The number of hydrogen-bond donors (Lipinski definition) is 3. The van der Waals surface area contributed by atoms with Crippen LogP contribution in [0.4, 0.5) is 0 Å². The molecule has 2 aliphatic rings. The van der Waals surface area contributed by atoms with Gasteiger partial charge in [0.05, 0.1) is 23.6 Å². The van der Waals surface area contributed by atoms with Crippen molar-refractivity contribution in [2.24, 2.45) is 23.5 Å². The molecule has 0 bridgehead atoms. The minimum Gasteiger partial charge on any atom is -0.370 e. The average molecular weight is 587 g/mol. The number of guanidine groups is 1. The minimum absolute atomic E-state index is 0.0540. The maximum absolute atomic E-state index is 13.7. The lowest BCUT2D eigenvalue weighted by Crippen LogP contribution is -2.62. The number of hydrogen-bond acceptors (Lipinski definition) is 6. The number of fused-ring (bicyclic) bond motifs is 2. The molecule has 2 fully saturated rings. The molecule has 5 N–H and O–H groups in total. The Balaban J connectivity index is 1.26. The standard InChI is InChI=1S/C31H38N8O4/c1-37-23-14-6-5-12-21(23)35-28(37)27(41)22(13-7-17-34-31(32)33)36-29(42)24-15-16-25-30(43)38(19-26(40)39(24)25)18-8-11-20-9-3-2-4-10-20/h2-6,9-10,12,14,22,24-25H,7-8,11,13,15-19H2,1H3,(H,36,42)(H4,32,33,34)/t22?,24-,25-/m1/s1. The summed E-state index contributed by atoms with van der Waals surface area (Å²) in [7, 11) is 1.76. The van der Waals surface area contributed by atoms with Crippen molar-refractivity contribution in [3.8, 4) is 0 Å². The first kappa shape index (κ1) is 29.7. The van der Waals surface area contributed by atoms with Gasteiger partial charge in [0.25, 0.3) is 0 Å². The number of aliphatic imine (C=N–C) groups is 1. The molecule has 12 heteroatoms. The third kappa shape index (κ3) is 6.52. The molecular weight excluding hydrogens is 548 g/mol. The molecule has 0 aliphatic carbocycles. The molecule has 226 valence electrons. The monoisotopic (exact) mass is 586 g/mol. The van der Waals surface area contributed by atoms with Gasteiger partial charge < -0.3 is 31.2 Å². The van der Waals surface area contributed by atoms with E-state index in [9.17, 15) is 19.2 Å². The summed E-state index contributed by atoms with van der Waals surface area (Å²) in [6.07, 6.45) is 2.99. The molecule has 3 amide bonds. The summed E-state index contributed by atoms with van der Waals surface area (Å²) < 4.78 is 1.71. The number of benzene rings is 2. The van der Waals surface area contributed by atoms with Crippen LogP contribution in [0.5, 0.6) is 0 Å². The number of carbonyl (C=O) groups is 4. The molecule has 0 radical (unpaired) electrons. The van der Waals surface area contributed by atoms with Crippen molar-refractivity contribution < 1.29 is 19.2 Å². The third-order valence-electron chi connectivity index (χ3n) is 8.22. The number of aromatic nitrogens is 2. The van der Waals surface area contributed by atoms with Crippen LogP contribution in [0, 0.1) is 0 Å². The van der Waals surface area contributed by atoms with Gasteiger partial charge >= 0.3 is 0 Å². The Hall–Kier alpha value is -4.74. The van der Waals surface area contributed by atoms with Crippen molar-refractivity contribution >= 4 is 40.5 Å². The Bertz CT molecular complexity index is 1530. The Labute approximate surface area is 250 Å². The second-order valence-electron chi connectivity index (χ2n) is 11.1. The van der Waals surface area contributed by atoms with Crippen LogP contribution in [0.2, 0.25) is 0 Å². The molecule has 5 rings (SSSR count). The number of ketones is 1. The van der Waals surface area contributed by atoms with E-state index in [1.807, 2.05) is 54.6 Å². The van der Waals surface area contributed by atoms with Gasteiger partial charge in [0.1, 0.15) is 12.1 Å². The average Bonchev–Trinajstić information content (AvgIpc) is 3.60. The smallest absolute Gasteiger partial charge is 0.245 e. The number of para-hydroxylation sites is 2. The van der Waals surface area contributed by atoms with E-state index in [1.54, 1.807) is 16.5 Å². The molecule has 1 aromatic heterocycles. The number of nitrogens with one attached hydrogen (secondary N) is 1. The van der Waals surface area contributed by atoms with Crippen molar-refractivity contribution in [2.75, 3.05) is 19.6 Å². The summed E-state index contributed by atoms with van der Waals surface area (Å²) >= 11 is 0. The fourth-order valence-electron chi connectivity index (χ4n) is 6.06. The lowest BCUT2D eigenvalue weighted by Gasteiger charge is -2.38. The number of Topliss-reactive ketones (excluding diaryl/α,β-unsaturated/α-hetero) is 1. The van der Waals surface area contributed by atoms with Crippen LogP contribution in [0.1, 0.15) is 48.3 Å². The Morgan fingerprint density at radius 1 is 1.05 bits per heavy atom. The second-order valence-corrected chi connectivity index (χ2v) is 11.1. The predicted molar refractivity (Wildman–Crippen MR) is 162 cm³/mol. The zero-order chi connectivity index (χ0) is 30.5. The second kappa shape index (κ2) is 13.1. The topological polar surface area (TPSA) is 169 Å². The lowest BCUT2D eigenvalue weighted by molar-refractivity contribution is -0.157. The third-order valence-corrected chi connectivity index (χ3v) is 8.22. The highest BCUT2D eigenvalue weighted by atomic mass is 16.2. The summed E-state index contributed by atoms with van der Waals surface area (Å²) in [5.74, 6) is -1.04. The van der Waals surface area contributed by atoms with Gasteiger partial charge in [0, 0.05) is 20.1 Å². The van der Waals surface area contributed by atoms with E-state index in [2.05, 4.69) is 15.3 Å². The predicted octanol–water partition coefficient (Wildman–Crippen LogP) is 1.13. The summed E-state index contributed by atoms with van der Waals surface area (Å²) in [6, 6.07) is 15.0. The van der Waals surface area contributed by atoms with Crippen molar-refractivity contribution in [2.45, 2.75) is 56.7 Å². The maximum atomic E-state index is 13.7. The number of carbonyl (C=O) groups excluding carboxylic acids is 4. The Morgan fingerprint density at radius 3 is 2.53 bits per heavy atom. The molecule has 0 saturated carbocycles. The summed E-state index contributed by atoms with van der Waals surface area (Å²) in [5, 5.41) is 2.88. The molecule has 2 aromatic carbocycles. The highest BCUT2D eigenvalue weighted by Gasteiger charge is 2.49. The molecule has 3 heterocycles. The fourth-order valence-corrected chi connectivity index (χ4v) is 6.06. The molecule has 12 nitrogen and oxygen atoms in total. The van der Waals surface area contributed by atoms with E-state index in [0.29, 0.717) is 31.3 Å². The van der Waals surface area contributed by atoms with E-state index in [4.69, 9.17) is 11.5 Å². The largest absolute Gasteiger partial charge is 0.370 e. The molecule has 3 aromatic rings. The van der Waals surface area contributed by atoms with Gasteiger partial charge in [0.2, 0.25) is 23.5 Å². The van der Waals surface area contributed by atoms with Crippen LogP contribution in [-0.2, 0) is 27.9 Å².